The van der Waals surface area contributed by atoms with Gasteiger partial charge in [0.05, 0.1) is 12.1 Å². The van der Waals surface area contributed by atoms with E-state index in [1.54, 1.807) is 0 Å². The van der Waals surface area contributed by atoms with Crippen molar-refractivity contribution in [3.8, 4) is 12.1 Å². The summed E-state index contributed by atoms with van der Waals surface area (Å²) >= 11 is 0. The normalized spacial score (nSPS) is 9.09. The third-order valence-corrected chi connectivity index (χ3v) is 1.40. The van der Waals surface area contributed by atoms with Gasteiger partial charge < -0.3 is 4.90 Å². The van der Waals surface area contributed by atoms with Gasteiger partial charge in [-0.15, -0.1) is 0 Å². The Bertz CT molecular complexity index is 145. The van der Waals surface area contributed by atoms with Gasteiger partial charge in [-0.25, -0.2) is 0 Å². The molecule has 0 aromatic heterocycles. The molecule has 0 unspecified atom stereocenters. The predicted molar refractivity (Wildman–Crippen MR) is 42.3 cm³/mol. The first-order chi connectivity index (χ1) is 5.35. The lowest BCUT2D eigenvalue weighted by Gasteiger charge is -2.16. The molecule has 0 saturated carbocycles. The summed E-state index contributed by atoms with van der Waals surface area (Å²) in [5, 5.41) is 16.5. The highest BCUT2D eigenvalue weighted by molar-refractivity contribution is 4.76. The Morgan fingerprint density at radius 3 is 1.82 bits per heavy atom. The van der Waals surface area contributed by atoms with E-state index < -0.39 is 0 Å². The van der Waals surface area contributed by atoms with Crippen LogP contribution in [-0.4, -0.2) is 24.5 Å². The van der Waals surface area contributed by atoms with Crippen LogP contribution < -0.4 is 0 Å². The predicted octanol–water partition coefficient (Wildman–Crippen LogP) is 0.950. The Kier molecular flexibility index (Phi) is 6.37. The smallest absolute Gasteiger partial charge is 0.0635 e. The molecule has 0 N–H and O–H groups in total. The molecule has 0 aliphatic heterocycles. The van der Waals surface area contributed by atoms with Crippen LogP contribution in [0.2, 0.25) is 0 Å². The van der Waals surface area contributed by atoms with E-state index in [0.717, 1.165) is 13.1 Å². The molecule has 0 aliphatic carbocycles. The fourth-order valence-corrected chi connectivity index (χ4v) is 0.752. The largest absolute Gasteiger partial charge is 0.301 e. The zero-order chi connectivity index (χ0) is 8.53. The molecule has 0 fully saturated rings. The number of nitriles is 2. The summed E-state index contributed by atoms with van der Waals surface area (Å²) in [6.07, 6.45) is 1.03. The number of rotatable bonds is 5. The van der Waals surface area contributed by atoms with Gasteiger partial charge in [-0.1, -0.05) is 0 Å². The van der Waals surface area contributed by atoms with Gasteiger partial charge >= 0.3 is 0 Å². The van der Waals surface area contributed by atoms with Crippen molar-refractivity contribution >= 4 is 0 Å². The third kappa shape index (κ3) is 5.39. The Labute approximate surface area is 67.8 Å². The molecule has 0 rings (SSSR count). The molecule has 0 aromatic carbocycles. The minimum absolute atomic E-state index is 0.515. The molecule has 1 radical (unpaired) electrons. The average Bonchev–Trinajstić information content (AvgIpc) is 2.05. The molecule has 0 spiro atoms. The maximum atomic E-state index is 8.27. The monoisotopic (exact) mass is 150 g/mol. The van der Waals surface area contributed by atoms with Crippen LogP contribution in [-0.2, 0) is 0 Å². The summed E-state index contributed by atoms with van der Waals surface area (Å²) in [5.74, 6) is 0. The SMILES string of the molecule is [CH2]CN(CCC#N)CCC#N. The van der Waals surface area contributed by atoms with E-state index in [4.69, 9.17) is 10.5 Å². The van der Waals surface area contributed by atoms with Crippen molar-refractivity contribution in [1.29, 1.82) is 10.5 Å². The van der Waals surface area contributed by atoms with Crippen LogP contribution in [0.5, 0.6) is 0 Å². The Morgan fingerprint density at radius 2 is 1.55 bits per heavy atom. The van der Waals surface area contributed by atoms with Crippen molar-refractivity contribution in [1.82, 2.24) is 4.90 Å². The van der Waals surface area contributed by atoms with Crippen LogP contribution in [0.15, 0.2) is 0 Å². The lowest BCUT2D eigenvalue weighted by atomic mass is 10.3. The minimum Gasteiger partial charge on any atom is -0.301 e. The molecule has 0 aliphatic rings. The molecule has 0 amide bonds. The second-order valence-corrected chi connectivity index (χ2v) is 2.16. The molecule has 0 heterocycles. The second-order valence-electron chi connectivity index (χ2n) is 2.16. The molecular weight excluding hydrogens is 138 g/mol. The Hall–Kier alpha value is -1.06. The van der Waals surface area contributed by atoms with Crippen molar-refractivity contribution in [2.24, 2.45) is 0 Å². The van der Waals surface area contributed by atoms with Crippen LogP contribution in [0, 0.1) is 29.6 Å². The fraction of sp³-hybridized carbons (Fsp3) is 0.625. The van der Waals surface area contributed by atoms with Gasteiger partial charge in [0.1, 0.15) is 0 Å². The summed E-state index contributed by atoms with van der Waals surface area (Å²) in [6, 6.07) is 4.11. The minimum atomic E-state index is 0.515. The van der Waals surface area contributed by atoms with E-state index >= 15 is 0 Å². The van der Waals surface area contributed by atoms with Crippen molar-refractivity contribution < 1.29 is 0 Å². The van der Waals surface area contributed by atoms with Crippen LogP contribution in [0.4, 0.5) is 0 Å². The molecule has 11 heavy (non-hydrogen) atoms. The van der Waals surface area contributed by atoms with Crippen molar-refractivity contribution in [3.05, 3.63) is 6.92 Å². The zero-order valence-electron chi connectivity index (χ0n) is 6.58. The van der Waals surface area contributed by atoms with E-state index in [9.17, 15) is 0 Å². The van der Waals surface area contributed by atoms with Gasteiger partial charge in [-0.2, -0.15) is 10.5 Å². The van der Waals surface area contributed by atoms with Gasteiger partial charge in [0.2, 0.25) is 0 Å². The highest BCUT2D eigenvalue weighted by Gasteiger charge is 1.99. The zero-order valence-corrected chi connectivity index (χ0v) is 6.58. The molecular formula is C8H12N3. The van der Waals surface area contributed by atoms with Gasteiger partial charge in [0, 0.05) is 25.9 Å². The summed E-state index contributed by atoms with van der Waals surface area (Å²) in [5.41, 5.74) is 0. The Morgan fingerprint density at radius 1 is 1.09 bits per heavy atom. The molecule has 59 valence electrons. The molecule has 0 aromatic rings. The maximum Gasteiger partial charge on any atom is 0.0635 e. The average molecular weight is 150 g/mol. The van der Waals surface area contributed by atoms with E-state index in [-0.39, 0.29) is 0 Å². The first-order valence-electron chi connectivity index (χ1n) is 3.60. The first-order valence-corrected chi connectivity index (χ1v) is 3.60. The number of nitrogens with zero attached hydrogens (tertiary/aromatic N) is 3. The highest BCUT2D eigenvalue weighted by atomic mass is 15.1. The van der Waals surface area contributed by atoms with E-state index in [1.165, 1.54) is 0 Å². The lowest BCUT2D eigenvalue weighted by molar-refractivity contribution is 0.315. The van der Waals surface area contributed by atoms with Crippen molar-refractivity contribution in [2.75, 3.05) is 19.6 Å². The van der Waals surface area contributed by atoms with Gasteiger partial charge in [0.25, 0.3) is 0 Å². The van der Waals surface area contributed by atoms with Gasteiger partial charge in [0.15, 0.2) is 0 Å². The van der Waals surface area contributed by atoms with Crippen LogP contribution in [0.25, 0.3) is 0 Å². The molecule has 3 heteroatoms. The standard InChI is InChI=1S/C8H12N3/c1-2-11(7-3-5-9)8-4-6-10/h1-4,7-8H2. The molecule has 0 saturated heterocycles. The van der Waals surface area contributed by atoms with E-state index in [2.05, 4.69) is 19.1 Å². The van der Waals surface area contributed by atoms with Crippen molar-refractivity contribution in [3.63, 3.8) is 0 Å². The number of hydrogen-bond acceptors (Lipinski definition) is 3. The van der Waals surface area contributed by atoms with Crippen molar-refractivity contribution in [2.45, 2.75) is 12.8 Å². The van der Waals surface area contributed by atoms with Crippen LogP contribution in [0.3, 0.4) is 0 Å². The molecule has 0 bridgehead atoms. The van der Waals surface area contributed by atoms with E-state index in [0.29, 0.717) is 19.4 Å². The molecule has 3 nitrogen and oxygen atoms in total. The summed E-state index contributed by atoms with van der Waals surface area (Å²) < 4.78 is 0. The van der Waals surface area contributed by atoms with Crippen LogP contribution in [0.1, 0.15) is 12.8 Å². The lowest BCUT2D eigenvalue weighted by Crippen LogP contribution is -2.25. The second kappa shape index (κ2) is 7.05. The quantitative estimate of drug-likeness (QED) is 0.586. The summed E-state index contributed by atoms with van der Waals surface area (Å²) in [6.45, 7) is 5.82. The third-order valence-electron chi connectivity index (χ3n) is 1.40. The fourth-order valence-electron chi connectivity index (χ4n) is 0.752. The summed E-state index contributed by atoms with van der Waals surface area (Å²) in [7, 11) is 0. The highest BCUT2D eigenvalue weighted by Crippen LogP contribution is 1.91. The van der Waals surface area contributed by atoms with Gasteiger partial charge in [-0.3, -0.25) is 0 Å². The maximum absolute atomic E-state index is 8.27. The van der Waals surface area contributed by atoms with Crippen LogP contribution >= 0.6 is 0 Å². The van der Waals surface area contributed by atoms with Gasteiger partial charge in [-0.05, 0) is 13.5 Å². The first kappa shape index (κ1) is 9.94. The Balaban J connectivity index is 3.44. The molecule has 0 atom stereocenters. The summed E-state index contributed by atoms with van der Waals surface area (Å²) in [4.78, 5) is 1.99. The number of hydrogen-bond donors (Lipinski definition) is 0. The van der Waals surface area contributed by atoms with E-state index in [1.807, 2.05) is 4.90 Å². The topological polar surface area (TPSA) is 50.8 Å².